The van der Waals surface area contributed by atoms with Crippen molar-refractivity contribution >= 4 is 11.3 Å². The number of aromatic nitrogens is 1. The van der Waals surface area contributed by atoms with E-state index in [0.29, 0.717) is 30.0 Å². The fourth-order valence-corrected chi connectivity index (χ4v) is 3.50. The van der Waals surface area contributed by atoms with Crippen LogP contribution in [0, 0.1) is 0 Å². The molecule has 0 saturated heterocycles. The number of nitrogens with one attached hydrogen (secondary N) is 1. The molecule has 6 heteroatoms. The fourth-order valence-electron chi connectivity index (χ4n) is 2.74. The molecule has 2 N–H and O–H groups in total. The summed E-state index contributed by atoms with van der Waals surface area (Å²) < 4.78 is 5.83. The number of hydrogen-bond donors (Lipinski definition) is 2. The lowest BCUT2D eigenvalue weighted by Gasteiger charge is -2.30. The third kappa shape index (κ3) is 5.11. The standard InChI is InChI=1S/C18H26N2O3S/c1-12(2)20(13(3)4)9-10-23-15-7-5-14(6-8-15)11-16-17(21)19-18(22)24-16/h5-8,12-13,21H,9-11H2,1-4H3,(H,19,22). The van der Waals surface area contributed by atoms with Crippen molar-refractivity contribution in [2.45, 2.75) is 46.2 Å². The normalized spacial score (nSPS) is 11.6. The van der Waals surface area contributed by atoms with E-state index in [1.165, 1.54) is 0 Å². The second-order valence-corrected chi connectivity index (χ2v) is 7.45. The number of H-pyrrole nitrogens is 1. The highest BCUT2D eigenvalue weighted by Gasteiger charge is 2.13. The summed E-state index contributed by atoms with van der Waals surface area (Å²) in [4.78, 5) is 16.4. The van der Waals surface area contributed by atoms with Gasteiger partial charge in [0.05, 0.1) is 4.88 Å². The summed E-state index contributed by atoms with van der Waals surface area (Å²) in [6, 6.07) is 8.77. The van der Waals surface area contributed by atoms with Crippen molar-refractivity contribution in [1.82, 2.24) is 9.88 Å². The van der Waals surface area contributed by atoms with Gasteiger partial charge < -0.3 is 9.84 Å². The Bertz CT molecular complexity index is 681. The van der Waals surface area contributed by atoms with Gasteiger partial charge in [0.2, 0.25) is 5.88 Å². The van der Waals surface area contributed by atoms with Crippen molar-refractivity contribution < 1.29 is 9.84 Å². The molecule has 0 radical (unpaired) electrons. The van der Waals surface area contributed by atoms with Gasteiger partial charge in [-0.25, -0.2) is 0 Å². The van der Waals surface area contributed by atoms with Crippen LogP contribution < -0.4 is 9.61 Å². The van der Waals surface area contributed by atoms with Gasteiger partial charge in [-0.1, -0.05) is 23.5 Å². The monoisotopic (exact) mass is 350 g/mol. The molecule has 1 aromatic carbocycles. The SMILES string of the molecule is CC(C)N(CCOc1ccc(Cc2sc(=O)[nH]c2O)cc1)C(C)C. The number of ether oxygens (including phenoxy) is 1. The second-order valence-electron chi connectivity index (χ2n) is 6.38. The van der Waals surface area contributed by atoms with E-state index in [-0.39, 0.29) is 10.8 Å². The van der Waals surface area contributed by atoms with Gasteiger partial charge in [0.25, 0.3) is 0 Å². The van der Waals surface area contributed by atoms with E-state index < -0.39 is 0 Å². The molecule has 0 spiro atoms. The Kier molecular flexibility index (Phi) is 6.45. The Hall–Kier alpha value is -1.79. The van der Waals surface area contributed by atoms with E-state index in [1.807, 2.05) is 24.3 Å². The molecule has 2 aromatic rings. The number of aromatic hydroxyl groups is 1. The molecule has 24 heavy (non-hydrogen) atoms. The predicted octanol–water partition coefficient (Wildman–Crippen LogP) is 3.23. The van der Waals surface area contributed by atoms with Crippen LogP contribution in [0.5, 0.6) is 11.6 Å². The van der Waals surface area contributed by atoms with Crippen molar-refractivity contribution in [2.24, 2.45) is 0 Å². The number of nitrogens with zero attached hydrogens (tertiary/aromatic N) is 1. The molecule has 0 atom stereocenters. The molecule has 0 aliphatic carbocycles. The topological polar surface area (TPSA) is 65.6 Å². The van der Waals surface area contributed by atoms with Gasteiger partial charge in [-0.2, -0.15) is 0 Å². The largest absolute Gasteiger partial charge is 0.494 e. The van der Waals surface area contributed by atoms with Crippen LogP contribution >= 0.6 is 11.3 Å². The first-order valence-corrected chi connectivity index (χ1v) is 9.07. The van der Waals surface area contributed by atoms with Crippen molar-refractivity contribution in [3.8, 4) is 11.6 Å². The third-order valence-electron chi connectivity index (χ3n) is 3.93. The van der Waals surface area contributed by atoms with E-state index in [1.54, 1.807) is 0 Å². The maximum Gasteiger partial charge on any atom is 0.307 e. The fraction of sp³-hybridized carbons (Fsp3) is 0.500. The molecule has 5 nitrogen and oxygen atoms in total. The lowest BCUT2D eigenvalue weighted by Crippen LogP contribution is -2.39. The van der Waals surface area contributed by atoms with Gasteiger partial charge in [0.15, 0.2) is 0 Å². The average molecular weight is 350 g/mol. The van der Waals surface area contributed by atoms with Gasteiger partial charge in [0.1, 0.15) is 12.4 Å². The summed E-state index contributed by atoms with van der Waals surface area (Å²) in [5.74, 6) is 0.797. The molecule has 0 bridgehead atoms. The van der Waals surface area contributed by atoms with Crippen LogP contribution in [-0.4, -0.2) is 40.2 Å². The van der Waals surface area contributed by atoms with Gasteiger partial charge in [-0.05, 0) is 45.4 Å². The molecule has 1 heterocycles. The Morgan fingerprint density at radius 2 is 1.79 bits per heavy atom. The summed E-state index contributed by atoms with van der Waals surface area (Å²) >= 11 is 1.04. The smallest absolute Gasteiger partial charge is 0.307 e. The highest BCUT2D eigenvalue weighted by Crippen LogP contribution is 2.21. The molecule has 1 aromatic heterocycles. The quantitative estimate of drug-likeness (QED) is 0.767. The van der Waals surface area contributed by atoms with Crippen LogP contribution in [0.25, 0.3) is 0 Å². The zero-order valence-electron chi connectivity index (χ0n) is 14.7. The third-order valence-corrected chi connectivity index (χ3v) is 4.80. The van der Waals surface area contributed by atoms with Gasteiger partial charge in [-0.15, -0.1) is 0 Å². The highest BCUT2D eigenvalue weighted by atomic mass is 32.1. The van der Waals surface area contributed by atoms with Crippen LogP contribution in [0.1, 0.15) is 38.1 Å². The summed E-state index contributed by atoms with van der Waals surface area (Å²) in [5, 5.41) is 9.63. The van der Waals surface area contributed by atoms with E-state index >= 15 is 0 Å². The average Bonchev–Trinajstić information content (AvgIpc) is 2.82. The number of aromatic amines is 1. The second kappa shape index (κ2) is 8.35. The van der Waals surface area contributed by atoms with Crippen LogP contribution in [0.2, 0.25) is 0 Å². The molecule has 0 saturated carbocycles. The lowest BCUT2D eigenvalue weighted by molar-refractivity contribution is 0.142. The Labute approximate surface area is 146 Å². The van der Waals surface area contributed by atoms with Crippen molar-refractivity contribution in [3.63, 3.8) is 0 Å². The van der Waals surface area contributed by atoms with E-state index in [9.17, 15) is 9.90 Å². The first-order valence-electron chi connectivity index (χ1n) is 8.25. The lowest BCUT2D eigenvalue weighted by atomic mass is 10.1. The summed E-state index contributed by atoms with van der Waals surface area (Å²) in [5.41, 5.74) is 1.03. The molecular weight excluding hydrogens is 324 g/mol. The number of hydrogen-bond acceptors (Lipinski definition) is 5. The summed E-state index contributed by atoms with van der Waals surface area (Å²) in [6.45, 7) is 10.3. The molecule has 132 valence electrons. The van der Waals surface area contributed by atoms with Crippen molar-refractivity contribution in [2.75, 3.05) is 13.2 Å². The van der Waals surface area contributed by atoms with E-state index in [4.69, 9.17) is 4.74 Å². The Morgan fingerprint density at radius 1 is 1.17 bits per heavy atom. The highest BCUT2D eigenvalue weighted by molar-refractivity contribution is 7.09. The molecule has 0 amide bonds. The van der Waals surface area contributed by atoms with Crippen molar-refractivity contribution in [1.29, 1.82) is 0 Å². The number of rotatable bonds is 8. The predicted molar refractivity (Wildman–Crippen MR) is 98.3 cm³/mol. The summed E-state index contributed by atoms with van der Waals surface area (Å²) in [7, 11) is 0. The Morgan fingerprint density at radius 3 is 2.29 bits per heavy atom. The number of benzene rings is 1. The van der Waals surface area contributed by atoms with Gasteiger partial charge in [0, 0.05) is 25.0 Å². The Balaban J connectivity index is 1.88. The zero-order chi connectivity index (χ0) is 17.7. The molecule has 0 aliphatic heterocycles. The van der Waals surface area contributed by atoms with Crippen LogP contribution in [-0.2, 0) is 6.42 Å². The number of thiazole rings is 1. The van der Waals surface area contributed by atoms with E-state index in [0.717, 1.165) is 29.2 Å². The first-order chi connectivity index (χ1) is 11.4. The minimum Gasteiger partial charge on any atom is -0.494 e. The molecule has 2 rings (SSSR count). The van der Waals surface area contributed by atoms with Gasteiger partial charge >= 0.3 is 4.87 Å². The minimum absolute atomic E-state index is 0.0345. The molecular formula is C18H26N2O3S. The van der Waals surface area contributed by atoms with Crippen molar-refractivity contribution in [3.05, 3.63) is 44.4 Å². The maximum absolute atomic E-state index is 11.2. The van der Waals surface area contributed by atoms with Crippen LogP contribution in [0.15, 0.2) is 29.1 Å². The zero-order valence-corrected chi connectivity index (χ0v) is 15.5. The summed E-state index contributed by atoms with van der Waals surface area (Å²) in [6.07, 6.45) is 0.532. The van der Waals surface area contributed by atoms with Crippen LogP contribution in [0.3, 0.4) is 0 Å². The first kappa shape index (κ1) is 18.5. The van der Waals surface area contributed by atoms with Gasteiger partial charge in [-0.3, -0.25) is 14.7 Å². The molecule has 0 aliphatic rings. The molecule has 0 unspecified atom stereocenters. The minimum atomic E-state index is -0.234. The molecule has 0 fully saturated rings. The van der Waals surface area contributed by atoms with E-state index in [2.05, 4.69) is 37.6 Å². The maximum atomic E-state index is 11.2. The van der Waals surface area contributed by atoms with Crippen LogP contribution in [0.4, 0.5) is 0 Å².